The van der Waals surface area contributed by atoms with Gasteiger partial charge in [-0.3, -0.25) is 4.79 Å². The summed E-state index contributed by atoms with van der Waals surface area (Å²) in [6.07, 6.45) is -0.553. The molecule has 0 bridgehead atoms. The zero-order valence-corrected chi connectivity index (χ0v) is 15.6. The van der Waals surface area contributed by atoms with Crippen LogP contribution in [0.5, 0.6) is 5.75 Å². The minimum Gasteiger partial charge on any atom is -0.421 e. The fraction of sp³-hybridized carbons (Fsp3) is 0.150. The normalized spacial score (nSPS) is 10.5. The summed E-state index contributed by atoms with van der Waals surface area (Å²) < 4.78 is 10.5. The van der Waals surface area contributed by atoms with Crippen molar-refractivity contribution in [3.05, 3.63) is 64.0 Å². The van der Waals surface area contributed by atoms with Crippen LogP contribution in [0.3, 0.4) is 0 Å². The van der Waals surface area contributed by atoms with Gasteiger partial charge in [-0.2, -0.15) is 0 Å². The standard InChI is InChI=1S/C20H19N3O5/c1-11-13-9-8-12(27-20(26)23(2)3)10-16(13)28-19(25)17(11)22-18(24)14-6-4-5-7-15(14)21/h4-10H,21H2,1-3H3,(H,22,24). The van der Waals surface area contributed by atoms with E-state index in [0.29, 0.717) is 16.6 Å². The summed E-state index contributed by atoms with van der Waals surface area (Å²) in [7, 11) is 3.12. The molecule has 28 heavy (non-hydrogen) atoms. The smallest absolute Gasteiger partial charge is 0.414 e. The summed E-state index contributed by atoms with van der Waals surface area (Å²) in [5, 5.41) is 3.17. The third-order valence-electron chi connectivity index (χ3n) is 4.15. The number of aryl methyl sites for hydroxylation is 1. The van der Waals surface area contributed by atoms with Crippen LogP contribution in [0.2, 0.25) is 0 Å². The van der Waals surface area contributed by atoms with E-state index in [9.17, 15) is 14.4 Å². The van der Waals surface area contributed by atoms with Crippen molar-refractivity contribution in [1.29, 1.82) is 0 Å². The van der Waals surface area contributed by atoms with E-state index in [1.54, 1.807) is 57.4 Å². The molecule has 0 spiro atoms. The molecule has 0 radical (unpaired) electrons. The van der Waals surface area contributed by atoms with Gasteiger partial charge in [0.25, 0.3) is 5.91 Å². The number of nitrogens with zero attached hydrogens (tertiary/aromatic N) is 1. The van der Waals surface area contributed by atoms with Crippen LogP contribution in [0.4, 0.5) is 16.2 Å². The highest BCUT2D eigenvalue weighted by atomic mass is 16.6. The van der Waals surface area contributed by atoms with Crippen LogP contribution in [0.1, 0.15) is 15.9 Å². The van der Waals surface area contributed by atoms with E-state index >= 15 is 0 Å². The number of fused-ring (bicyclic) bond motifs is 1. The van der Waals surface area contributed by atoms with E-state index in [4.69, 9.17) is 14.9 Å². The summed E-state index contributed by atoms with van der Waals surface area (Å²) in [6.45, 7) is 1.69. The highest BCUT2D eigenvalue weighted by Gasteiger charge is 2.17. The second-order valence-corrected chi connectivity index (χ2v) is 6.35. The van der Waals surface area contributed by atoms with Crippen molar-refractivity contribution in [3.8, 4) is 5.75 Å². The summed E-state index contributed by atoms with van der Waals surface area (Å²) in [5.41, 5.74) is 6.45. The van der Waals surface area contributed by atoms with E-state index in [1.165, 1.54) is 11.0 Å². The van der Waals surface area contributed by atoms with Crippen molar-refractivity contribution in [2.45, 2.75) is 6.92 Å². The number of para-hydroxylation sites is 1. The van der Waals surface area contributed by atoms with E-state index in [1.807, 2.05) is 0 Å². The number of hydrogen-bond donors (Lipinski definition) is 2. The summed E-state index contributed by atoms with van der Waals surface area (Å²) in [4.78, 5) is 37.9. The Balaban J connectivity index is 1.97. The molecule has 3 rings (SSSR count). The summed E-state index contributed by atoms with van der Waals surface area (Å²) in [6, 6.07) is 11.2. The van der Waals surface area contributed by atoms with Crippen LogP contribution in [0.15, 0.2) is 51.7 Å². The quantitative estimate of drug-likeness (QED) is 0.532. The predicted octanol–water partition coefficient (Wildman–Crippen LogP) is 3.00. The number of ether oxygens (including phenoxy) is 1. The first-order chi connectivity index (χ1) is 13.3. The van der Waals surface area contributed by atoms with E-state index < -0.39 is 17.6 Å². The first-order valence-corrected chi connectivity index (χ1v) is 8.40. The Morgan fingerprint density at radius 1 is 1.14 bits per heavy atom. The molecule has 0 fully saturated rings. The number of rotatable bonds is 3. The molecule has 8 nitrogen and oxygen atoms in total. The van der Waals surface area contributed by atoms with Crippen molar-refractivity contribution < 1.29 is 18.7 Å². The average molecular weight is 381 g/mol. The number of nitrogens with one attached hydrogen (secondary N) is 1. The van der Waals surface area contributed by atoms with Crippen molar-refractivity contribution in [1.82, 2.24) is 4.90 Å². The predicted molar refractivity (Wildman–Crippen MR) is 106 cm³/mol. The van der Waals surface area contributed by atoms with Crippen molar-refractivity contribution >= 4 is 34.3 Å². The molecule has 0 saturated heterocycles. The number of carbonyl (C=O) groups excluding carboxylic acids is 2. The molecular weight excluding hydrogens is 362 g/mol. The third kappa shape index (κ3) is 3.66. The second-order valence-electron chi connectivity index (χ2n) is 6.35. The van der Waals surface area contributed by atoms with Gasteiger partial charge in [-0.25, -0.2) is 9.59 Å². The maximum Gasteiger partial charge on any atom is 0.414 e. The lowest BCUT2D eigenvalue weighted by molar-refractivity contribution is 0.102. The topological polar surface area (TPSA) is 115 Å². The van der Waals surface area contributed by atoms with Gasteiger partial charge in [0.15, 0.2) is 0 Å². The minimum atomic E-state index is -0.719. The number of carbonyl (C=O) groups is 2. The molecule has 0 aliphatic heterocycles. The molecule has 3 aromatic rings. The lowest BCUT2D eigenvalue weighted by Crippen LogP contribution is -2.25. The van der Waals surface area contributed by atoms with Crippen LogP contribution in [-0.4, -0.2) is 31.0 Å². The van der Waals surface area contributed by atoms with Gasteiger partial charge in [-0.05, 0) is 36.8 Å². The Bertz CT molecular complexity index is 1130. The van der Waals surface area contributed by atoms with Gasteiger partial charge in [0.1, 0.15) is 17.0 Å². The Labute approximate surface area is 160 Å². The van der Waals surface area contributed by atoms with Gasteiger partial charge in [-0.1, -0.05) is 12.1 Å². The van der Waals surface area contributed by atoms with Crippen molar-refractivity contribution in [3.63, 3.8) is 0 Å². The van der Waals surface area contributed by atoms with Gasteiger partial charge in [0, 0.05) is 31.2 Å². The summed E-state index contributed by atoms with van der Waals surface area (Å²) in [5.74, 6) is -0.271. The summed E-state index contributed by atoms with van der Waals surface area (Å²) >= 11 is 0. The van der Waals surface area contributed by atoms with Gasteiger partial charge in [0.05, 0.1) is 5.56 Å². The van der Waals surface area contributed by atoms with E-state index in [2.05, 4.69) is 5.32 Å². The first kappa shape index (κ1) is 19.0. The van der Waals surface area contributed by atoms with E-state index in [0.717, 1.165) is 0 Å². The molecule has 1 heterocycles. The molecule has 2 amide bonds. The lowest BCUT2D eigenvalue weighted by atomic mass is 10.1. The highest BCUT2D eigenvalue weighted by molar-refractivity contribution is 6.08. The van der Waals surface area contributed by atoms with E-state index in [-0.39, 0.29) is 22.6 Å². The zero-order valence-electron chi connectivity index (χ0n) is 15.6. The van der Waals surface area contributed by atoms with Gasteiger partial charge < -0.3 is 25.1 Å². The molecule has 2 aromatic carbocycles. The molecule has 1 aromatic heterocycles. The fourth-order valence-electron chi connectivity index (χ4n) is 2.62. The van der Waals surface area contributed by atoms with Crippen LogP contribution in [-0.2, 0) is 0 Å². The number of amides is 2. The number of hydrogen-bond acceptors (Lipinski definition) is 6. The molecule has 3 N–H and O–H groups in total. The maximum atomic E-state index is 12.5. The average Bonchev–Trinajstić information content (AvgIpc) is 2.65. The zero-order chi connectivity index (χ0) is 20.4. The van der Waals surface area contributed by atoms with Gasteiger partial charge in [-0.15, -0.1) is 0 Å². The number of nitrogen functional groups attached to an aromatic ring is 1. The number of benzene rings is 2. The Morgan fingerprint density at radius 3 is 2.54 bits per heavy atom. The molecule has 0 aliphatic rings. The molecule has 0 saturated carbocycles. The van der Waals surface area contributed by atoms with Crippen LogP contribution in [0, 0.1) is 6.92 Å². The monoisotopic (exact) mass is 381 g/mol. The van der Waals surface area contributed by atoms with Crippen molar-refractivity contribution in [2.75, 3.05) is 25.1 Å². The Morgan fingerprint density at radius 2 is 1.86 bits per heavy atom. The minimum absolute atomic E-state index is 0.0267. The highest BCUT2D eigenvalue weighted by Crippen LogP contribution is 2.27. The molecule has 144 valence electrons. The maximum absolute atomic E-state index is 12.5. The van der Waals surface area contributed by atoms with Crippen LogP contribution < -0.4 is 21.4 Å². The molecule has 8 heteroatoms. The number of nitrogens with two attached hydrogens (primary N) is 1. The largest absolute Gasteiger partial charge is 0.421 e. The van der Waals surface area contributed by atoms with Gasteiger partial charge >= 0.3 is 11.7 Å². The Hall–Kier alpha value is -3.81. The number of anilines is 2. The third-order valence-corrected chi connectivity index (χ3v) is 4.15. The van der Waals surface area contributed by atoms with Crippen LogP contribution in [0.25, 0.3) is 11.0 Å². The van der Waals surface area contributed by atoms with Crippen molar-refractivity contribution in [2.24, 2.45) is 0 Å². The second kappa shape index (κ2) is 7.43. The molecule has 0 atom stereocenters. The molecule has 0 aliphatic carbocycles. The molecular formula is C20H19N3O5. The Kier molecular flexibility index (Phi) is 5.04. The first-order valence-electron chi connectivity index (χ1n) is 8.40. The van der Waals surface area contributed by atoms with Crippen LogP contribution >= 0.6 is 0 Å². The lowest BCUT2D eigenvalue weighted by Gasteiger charge is -2.12. The SMILES string of the molecule is Cc1c(NC(=O)c2ccccc2N)c(=O)oc2cc(OC(=O)N(C)C)ccc12. The van der Waals surface area contributed by atoms with Gasteiger partial charge in [0.2, 0.25) is 0 Å². The molecule has 0 unspecified atom stereocenters. The fourth-order valence-corrected chi connectivity index (χ4v) is 2.62.